The zero-order chi connectivity index (χ0) is 72.5. The van der Waals surface area contributed by atoms with Crippen molar-refractivity contribution in [2.75, 3.05) is 55.9 Å². The van der Waals surface area contributed by atoms with Crippen LogP contribution in [0.25, 0.3) is 6.08 Å². The summed E-state index contributed by atoms with van der Waals surface area (Å²) in [7, 11) is 9.95. The smallest absolute Gasteiger partial charge is 0.246 e. The van der Waals surface area contributed by atoms with E-state index in [4.69, 9.17) is 0 Å². The highest BCUT2D eigenvalue weighted by Crippen LogP contribution is 2.27. The monoisotopic (exact) mass is 1320 g/mol. The number of hydrogen-bond acceptors (Lipinski definition) is 12. The van der Waals surface area contributed by atoms with Gasteiger partial charge in [-0.3, -0.25) is 52.7 Å². The van der Waals surface area contributed by atoms with Crippen LogP contribution in [0.3, 0.4) is 0 Å². The number of carbonyl (C=O) groups is 11. The Bertz CT molecular complexity index is 2780. The van der Waals surface area contributed by atoms with E-state index in [0.717, 1.165) is 20.9 Å². The second-order valence-electron chi connectivity index (χ2n) is 29.8. The summed E-state index contributed by atoms with van der Waals surface area (Å²) in [5.41, 5.74) is 1.99. The number of nitrogens with zero attached hydrogens (tertiary/aromatic N) is 7. The van der Waals surface area contributed by atoms with Crippen molar-refractivity contribution in [1.82, 2.24) is 55.6 Å². The van der Waals surface area contributed by atoms with Crippen LogP contribution in [-0.4, -0.2) is 227 Å². The van der Waals surface area contributed by atoms with E-state index < -0.39 is 156 Å². The number of likely N-dealkylation sites (N-methyl/N-ethyl adjacent to an activating group) is 7. The van der Waals surface area contributed by atoms with Gasteiger partial charge in [0.05, 0.1) is 12.6 Å². The standard InChI is InChI=1S/C71H121N11O12/c1-27-51-66(90)76(20)39-56(83)77(21)52(35-40(2)3)63(87)75-57(44(10)11)69(93)78(22)53(36-41(4)5)62(86)72-47(15)61(85)73-48(16)65(89)79(23)54(37-42(6)7)67(91)80(24)55(38-43(8)9)68(92)81(25)58(45(12)13)70(94)82(26)59(64(88)74-51)60(84)46(14)29-28-30-49-31-33-50(34-32-49)71(17,18)19/h28,30-34,40-48,51-55,57-60,84H,27,29,35-39H2,1-26H3,(H,72,86)(H,73,85)(H,74,88)(H,75,87)/b30-28+/t46-,47+,48-,51+,52+,53+,54+,55+,57+,58+,59+,60-/m1/s1. The average molecular weight is 1320 g/mol. The molecular weight excluding hydrogens is 1200 g/mol. The van der Waals surface area contributed by atoms with Crippen LogP contribution in [0, 0.1) is 41.4 Å². The second-order valence-corrected chi connectivity index (χ2v) is 29.8. The highest BCUT2D eigenvalue weighted by molar-refractivity contribution is 5.99. The van der Waals surface area contributed by atoms with Crippen LogP contribution in [0.4, 0.5) is 0 Å². The molecule has 0 radical (unpaired) electrons. The van der Waals surface area contributed by atoms with Crippen molar-refractivity contribution in [1.29, 1.82) is 0 Å². The van der Waals surface area contributed by atoms with E-state index in [0.29, 0.717) is 0 Å². The molecule has 23 nitrogen and oxygen atoms in total. The van der Waals surface area contributed by atoms with E-state index in [9.17, 15) is 38.7 Å². The molecule has 1 aromatic rings. The van der Waals surface area contributed by atoms with Gasteiger partial charge < -0.3 is 60.7 Å². The molecule has 23 heteroatoms. The highest BCUT2D eigenvalue weighted by Gasteiger charge is 2.46. The quantitative estimate of drug-likeness (QED) is 0.133. The Morgan fingerprint density at radius 3 is 1.36 bits per heavy atom. The minimum absolute atomic E-state index is 0.00717. The van der Waals surface area contributed by atoms with E-state index in [1.165, 1.54) is 87.7 Å². The average Bonchev–Trinajstić information content (AvgIpc) is 0.836. The predicted molar refractivity (Wildman–Crippen MR) is 368 cm³/mol. The van der Waals surface area contributed by atoms with E-state index in [1.54, 1.807) is 41.5 Å². The van der Waals surface area contributed by atoms with Gasteiger partial charge in [-0.2, -0.15) is 0 Å². The number of rotatable bonds is 16. The van der Waals surface area contributed by atoms with Gasteiger partial charge in [0, 0.05) is 49.3 Å². The van der Waals surface area contributed by atoms with Crippen molar-refractivity contribution in [2.45, 2.75) is 242 Å². The number of hydrogen-bond donors (Lipinski definition) is 5. The summed E-state index contributed by atoms with van der Waals surface area (Å²) in [6.45, 7) is 34.0. The minimum atomic E-state index is -1.66. The molecule has 0 aromatic heterocycles. The molecule has 1 heterocycles. The van der Waals surface area contributed by atoms with E-state index in [-0.39, 0.29) is 67.6 Å². The first-order chi connectivity index (χ1) is 43.3. The maximum Gasteiger partial charge on any atom is 0.246 e. The van der Waals surface area contributed by atoms with E-state index >= 15 is 19.2 Å². The first kappa shape index (κ1) is 83.2. The van der Waals surface area contributed by atoms with Crippen LogP contribution >= 0.6 is 0 Å². The highest BCUT2D eigenvalue weighted by atomic mass is 16.3. The van der Waals surface area contributed by atoms with Crippen molar-refractivity contribution in [3.8, 4) is 0 Å². The summed E-state index contributed by atoms with van der Waals surface area (Å²) in [6.07, 6.45) is 3.05. The third-order valence-corrected chi connectivity index (χ3v) is 17.9. The molecule has 94 heavy (non-hydrogen) atoms. The number of nitrogens with one attached hydrogen (secondary N) is 4. The number of aliphatic hydroxyl groups is 1. The van der Waals surface area contributed by atoms with Gasteiger partial charge >= 0.3 is 0 Å². The lowest BCUT2D eigenvalue weighted by molar-refractivity contribution is -0.157. The lowest BCUT2D eigenvalue weighted by Gasteiger charge is -2.41. The molecule has 1 aliphatic rings. The molecule has 532 valence electrons. The van der Waals surface area contributed by atoms with E-state index in [1.807, 2.05) is 91.8 Å². The maximum atomic E-state index is 15.4. The van der Waals surface area contributed by atoms with Gasteiger partial charge in [0.2, 0.25) is 65.0 Å². The van der Waals surface area contributed by atoms with Gasteiger partial charge in [-0.05, 0) is 110 Å². The van der Waals surface area contributed by atoms with Crippen molar-refractivity contribution in [2.24, 2.45) is 41.4 Å². The van der Waals surface area contributed by atoms with Crippen LogP contribution in [-0.2, 0) is 58.2 Å². The van der Waals surface area contributed by atoms with Crippen molar-refractivity contribution in [3.63, 3.8) is 0 Å². The molecular formula is C71H121N11O12. The van der Waals surface area contributed by atoms with Crippen LogP contribution in [0.2, 0.25) is 0 Å². The topological polar surface area (TPSA) is 279 Å². The molecule has 1 fully saturated rings. The molecule has 5 N–H and O–H groups in total. The van der Waals surface area contributed by atoms with Crippen molar-refractivity contribution < 1.29 is 57.8 Å². The van der Waals surface area contributed by atoms with Crippen LogP contribution in [0.15, 0.2) is 30.3 Å². The molecule has 0 spiro atoms. The Morgan fingerprint density at radius 1 is 0.479 bits per heavy atom. The SMILES string of the molecule is CC[C@@H]1NC(=O)[C@H]([C@H](O)[C@H](C)C/C=C/c2ccc(C(C)(C)C)cc2)N(C)C(=O)[C@H](C(C)C)N(C)C(=O)[C@H](CC(C)C)N(C)C(=O)[C@H](CC(C)C)N(C)C(=O)[C@@H](C)NC(=O)[C@H](C)NC(=O)[C@H](CC(C)C)N(C)C(=O)[C@H](C(C)C)NC(=O)[C@H](CC(C)C)N(C)C(=O)CN(C)C1=O. The van der Waals surface area contributed by atoms with Gasteiger partial charge in [-0.25, -0.2) is 0 Å². The largest absolute Gasteiger partial charge is 0.390 e. The third-order valence-electron chi connectivity index (χ3n) is 17.9. The first-order valence-electron chi connectivity index (χ1n) is 33.8. The Hall–Kier alpha value is -6.91. The molecule has 0 unspecified atom stereocenters. The van der Waals surface area contributed by atoms with Crippen LogP contribution < -0.4 is 21.3 Å². The van der Waals surface area contributed by atoms with Crippen LogP contribution in [0.5, 0.6) is 0 Å². The van der Waals surface area contributed by atoms with Gasteiger partial charge in [0.1, 0.15) is 60.4 Å². The fraction of sp³-hybridized carbons (Fsp3) is 0.732. The molecule has 1 saturated heterocycles. The summed E-state index contributed by atoms with van der Waals surface area (Å²) < 4.78 is 0. The van der Waals surface area contributed by atoms with Gasteiger partial charge in [0.25, 0.3) is 0 Å². The molecule has 0 saturated carbocycles. The Kier molecular flexibility index (Phi) is 32.6. The molecule has 0 bridgehead atoms. The molecule has 11 amide bonds. The Morgan fingerprint density at radius 2 is 0.904 bits per heavy atom. The second kappa shape index (κ2) is 36.8. The fourth-order valence-electron chi connectivity index (χ4n) is 11.8. The van der Waals surface area contributed by atoms with E-state index in [2.05, 4.69) is 42.0 Å². The normalized spacial score (nSPS) is 25.6. The lowest BCUT2D eigenvalue weighted by atomic mass is 9.86. The minimum Gasteiger partial charge on any atom is -0.390 e. The molecule has 2 rings (SSSR count). The fourth-order valence-corrected chi connectivity index (χ4v) is 11.8. The lowest BCUT2D eigenvalue weighted by Crippen LogP contribution is -2.63. The Balaban J connectivity index is 3.00. The number of aliphatic hydroxyl groups excluding tert-OH is 1. The number of carbonyl (C=O) groups excluding carboxylic acids is 11. The van der Waals surface area contributed by atoms with Crippen molar-refractivity contribution >= 4 is 71.1 Å². The van der Waals surface area contributed by atoms with Gasteiger partial charge in [0.15, 0.2) is 0 Å². The zero-order valence-corrected chi connectivity index (χ0v) is 61.9. The third kappa shape index (κ3) is 23.2. The summed E-state index contributed by atoms with van der Waals surface area (Å²) in [5, 5.41) is 23.5. The first-order valence-corrected chi connectivity index (χ1v) is 33.8. The van der Waals surface area contributed by atoms with Gasteiger partial charge in [-0.1, -0.05) is 154 Å². The molecule has 0 aliphatic carbocycles. The van der Waals surface area contributed by atoms with Crippen LogP contribution in [0.1, 0.15) is 181 Å². The summed E-state index contributed by atoms with van der Waals surface area (Å²) >= 11 is 0. The molecule has 1 aromatic carbocycles. The molecule has 1 aliphatic heterocycles. The van der Waals surface area contributed by atoms with Gasteiger partial charge in [-0.15, -0.1) is 0 Å². The maximum absolute atomic E-state index is 15.4. The number of benzene rings is 1. The van der Waals surface area contributed by atoms with Crippen molar-refractivity contribution in [3.05, 3.63) is 41.5 Å². The summed E-state index contributed by atoms with van der Waals surface area (Å²) in [5.74, 6) is -9.92. The number of allylic oxidation sites excluding steroid dienone is 1. The molecule has 12 atom stereocenters. The number of amides is 11. The summed E-state index contributed by atoms with van der Waals surface area (Å²) in [6, 6.07) is -4.43. The summed E-state index contributed by atoms with van der Waals surface area (Å²) in [4.78, 5) is 170. The Labute approximate surface area is 563 Å². The zero-order valence-electron chi connectivity index (χ0n) is 61.9. The predicted octanol–water partition coefficient (Wildman–Crippen LogP) is 5.70.